The van der Waals surface area contributed by atoms with Crippen molar-refractivity contribution in [1.82, 2.24) is 5.32 Å². The van der Waals surface area contributed by atoms with Crippen LogP contribution in [0.15, 0.2) is 0 Å². The van der Waals surface area contributed by atoms with Gasteiger partial charge < -0.3 is 10.1 Å². The highest BCUT2D eigenvalue weighted by Gasteiger charge is 2.18. The van der Waals surface area contributed by atoms with Gasteiger partial charge in [-0.3, -0.25) is 4.79 Å². The summed E-state index contributed by atoms with van der Waals surface area (Å²) >= 11 is 0. The topological polar surface area (TPSA) is 38.3 Å². The van der Waals surface area contributed by atoms with Gasteiger partial charge in [0.05, 0.1) is 13.2 Å². The molecule has 0 aromatic carbocycles. The molecule has 0 aliphatic carbocycles. The number of rotatable bonds is 36. The van der Waals surface area contributed by atoms with Crippen LogP contribution >= 0.6 is 0 Å². The summed E-state index contributed by atoms with van der Waals surface area (Å²) in [6, 6.07) is 0. The number of ether oxygens (including phenoxy) is 1. The van der Waals surface area contributed by atoms with E-state index in [1.54, 1.807) is 0 Å². The molecule has 0 atom stereocenters. The van der Waals surface area contributed by atoms with E-state index in [4.69, 9.17) is 4.74 Å². The molecular weight excluding hydrogens is 526 g/mol. The lowest BCUT2D eigenvalue weighted by Crippen LogP contribution is -2.42. The molecule has 0 aliphatic rings. The number of hydrogen-bond donors (Lipinski definition) is 1. The Morgan fingerprint density at radius 3 is 1.05 bits per heavy atom. The Labute approximate surface area is 272 Å². The summed E-state index contributed by atoms with van der Waals surface area (Å²) < 4.78 is 5.49. The Kier molecular flexibility index (Phi) is 33.9. The molecule has 0 aliphatic heterocycles. The number of carbonyl (C=O) groups is 1. The average Bonchev–Trinajstić information content (AvgIpc) is 2.99. The number of esters is 1. The zero-order chi connectivity index (χ0) is 31.5. The van der Waals surface area contributed by atoms with Crippen LogP contribution in [0.1, 0.15) is 233 Å². The SMILES string of the molecule is CCCCCCCCCCCCCCCCCCOC(=O)CNC(C)(C)CCCCCCCCCCCCCCCCC. The third-order valence-electron chi connectivity index (χ3n) is 9.38. The maximum Gasteiger partial charge on any atom is 0.319 e. The Hall–Kier alpha value is -0.570. The first kappa shape index (κ1) is 42.4. The van der Waals surface area contributed by atoms with E-state index in [1.807, 2.05) is 0 Å². The van der Waals surface area contributed by atoms with Crippen molar-refractivity contribution >= 4 is 5.97 Å². The quantitative estimate of drug-likeness (QED) is 0.0568. The van der Waals surface area contributed by atoms with Gasteiger partial charge in [0.1, 0.15) is 0 Å². The monoisotopic (exact) mass is 608 g/mol. The fourth-order valence-electron chi connectivity index (χ4n) is 6.23. The van der Waals surface area contributed by atoms with Crippen LogP contribution in [0, 0.1) is 0 Å². The lowest BCUT2D eigenvalue weighted by atomic mass is 9.96. The number of carbonyl (C=O) groups excluding carboxylic acids is 1. The second kappa shape index (κ2) is 34.3. The predicted molar refractivity (Wildman–Crippen MR) is 192 cm³/mol. The van der Waals surface area contributed by atoms with E-state index in [-0.39, 0.29) is 11.5 Å². The molecule has 0 aromatic heterocycles. The highest BCUT2D eigenvalue weighted by Crippen LogP contribution is 2.17. The Bertz CT molecular complexity index is 547. The van der Waals surface area contributed by atoms with Crippen molar-refractivity contribution < 1.29 is 9.53 Å². The minimum absolute atomic E-state index is 0.00377. The maximum atomic E-state index is 12.2. The van der Waals surface area contributed by atoms with Gasteiger partial charge in [0, 0.05) is 5.54 Å². The molecule has 43 heavy (non-hydrogen) atoms. The third kappa shape index (κ3) is 35.8. The lowest BCUT2D eigenvalue weighted by Gasteiger charge is -2.26. The molecule has 0 rings (SSSR count). The van der Waals surface area contributed by atoms with Crippen LogP contribution in [0.4, 0.5) is 0 Å². The molecule has 0 radical (unpaired) electrons. The van der Waals surface area contributed by atoms with Gasteiger partial charge in [-0.05, 0) is 26.7 Å². The Morgan fingerprint density at radius 1 is 0.442 bits per heavy atom. The number of hydrogen-bond acceptors (Lipinski definition) is 3. The molecule has 0 heterocycles. The maximum absolute atomic E-state index is 12.2. The summed E-state index contributed by atoms with van der Waals surface area (Å²) in [6.45, 7) is 9.95. The highest BCUT2D eigenvalue weighted by molar-refractivity contribution is 5.71. The van der Waals surface area contributed by atoms with Crippen molar-refractivity contribution in [2.75, 3.05) is 13.2 Å². The molecular formula is C40H81NO2. The zero-order valence-electron chi connectivity index (χ0n) is 30.4. The van der Waals surface area contributed by atoms with Crippen LogP contribution < -0.4 is 5.32 Å². The molecule has 0 saturated heterocycles. The van der Waals surface area contributed by atoms with Crippen LogP contribution in [-0.2, 0) is 9.53 Å². The first-order chi connectivity index (χ1) is 21.0. The van der Waals surface area contributed by atoms with Crippen molar-refractivity contribution in [2.45, 2.75) is 239 Å². The van der Waals surface area contributed by atoms with E-state index in [1.165, 1.54) is 193 Å². The van der Waals surface area contributed by atoms with Crippen LogP contribution in [0.2, 0.25) is 0 Å². The summed E-state index contributed by atoms with van der Waals surface area (Å²) in [6.07, 6.45) is 44.0. The minimum atomic E-state index is -0.0921. The first-order valence-electron chi connectivity index (χ1n) is 19.9. The van der Waals surface area contributed by atoms with Gasteiger partial charge in [-0.25, -0.2) is 0 Å². The van der Waals surface area contributed by atoms with Gasteiger partial charge in [0.15, 0.2) is 0 Å². The highest BCUT2D eigenvalue weighted by atomic mass is 16.5. The standard InChI is InChI=1S/C40H81NO2/c1-5-7-9-11-13-15-17-19-21-23-25-27-29-31-33-35-37-43-39(42)38-41-40(3,4)36-34-32-30-28-26-24-22-20-18-16-14-12-10-8-6-2/h41H,5-38H2,1-4H3. The van der Waals surface area contributed by atoms with E-state index >= 15 is 0 Å². The van der Waals surface area contributed by atoms with Crippen molar-refractivity contribution in [3.05, 3.63) is 0 Å². The van der Waals surface area contributed by atoms with Crippen LogP contribution in [0.5, 0.6) is 0 Å². The second-order valence-electron chi connectivity index (χ2n) is 14.5. The molecule has 3 heteroatoms. The molecule has 0 saturated carbocycles. The fourth-order valence-corrected chi connectivity index (χ4v) is 6.23. The van der Waals surface area contributed by atoms with E-state index in [9.17, 15) is 4.79 Å². The van der Waals surface area contributed by atoms with Gasteiger partial charge >= 0.3 is 5.97 Å². The first-order valence-corrected chi connectivity index (χ1v) is 19.9. The molecule has 0 unspecified atom stereocenters. The smallest absolute Gasteiger partial charge is 0.319 e. The molecule has 0 aromatic rings. The van der Waals surface area contributed by atoms with Crippen LogP contribution in [0.3, 0.4) is 0 Å². The minimum Gasteiger partial charge on any atom is -0.465 e. The Morgan fingerprint density at radius 2 is 0.721 bits per heavy atom. The molecule has 3 nitrogen and oxygen atoms in total. The van der Waals surface area contributed by atoms with E-state index < -0.39 is 0 Å². The van der Waals surface area contributed by atoms with Crippen molar-refractivity contribution in [3.63, 3.8) is 0 Å². The predicted octanol–water partition coefficient (Wildman–Crippen LogP) is 13.4. The summed E-state index contributed by atoms with van der Waals surface area (Å²) in [4.78, 5) is 12.2. The van der Waals surface area contributed by atoms with Crippen molar-refractivity contribution in [1.29, 1.82) is 0 Å². The van der Waals surface area contributed by atoms with Gasteiger partial charge in [-0.1, -0.05) is 206 Å². The average molecular weight is 608 g/mol. The van der Waals surface area contributed by atoms with E-state index in [0.29, 0.717) is 13.2 Å². The zero-order valence-corrected chi connectivity index (χ0v) is 30.4. The van der Waals surface area contributed by atoms with Gasteiger partial charge in [-0.2, -0.15) is 0 Å². The van der Waals surface area contributed by atoms with Gasteiger partial charge in [0.25, 0.3) is 0 Å². The van der Waals surface area contributed by atoms with Crippen LogP contribution in [-0.4, -0.2) is 24.7 Å². The fraction of sp³-hybridized carbons (Fsp3) is 0.975. The molecule has 258 valence electrons. The number of unbranched alkanes of at least 4 members (excludes halogenated alkanes) is 29. The second-order valence-corrected chi connectivity index (χ2v) is 14.5. The van der Waals surface area contributed by atoms with E-state index in [2.05, 4.69) is 33.0 Å². The van der Waals surface area contributed by atoms with Gasteiger partial charge in [-0.15, -0.1) is 0 Å². The molecule has 0 bridgehead atoms. The third-order valence-corrected chi connectivity index (χ3v) is 9.38. The molecule has 0 spiro atoms. The van der Waals surface area contributed by atoms with Crippen LogP contribution in [0.25, 0.3) is 0 Å². The normalized spacial score (nSPS) is 11.8. The molecule has 1 N–H and O–H groups in total. The lowest BCUT2D eigenvalue weighted by molar-refractivity contribution is -0.143. The Balaban J connectivity index is 3.38. The van der Waals surface area contributed by atoms with Crippen molar-refractivity contribution in [3.8, 4) is 0 Å². The summed E-state index contributed by atoms with van der Waals surface area (Å²) in [5.74, 6) is -0.0921. The largest absolute Gasteiger partial charge is 0.465 e. The summed E-state index contributed by atoms with van der Waals surface area (Å²) in [7, 11) is 0. The number of nitrogens with one attached hydrogen (secondary N) is 1. The summed E-state index contributed by atoms with van der Waals surface area (Å²) in [5.41, 5.74) is 0.00377. The summed E-state index contributed by atoms with van der Waals surface area (Å²) in [5, 5.41) is 3.44. The van der Waals surface area contributed by atoms with E-state index in [0.717, 1.165) is 12.8 Å². The molecule has 0 fully saturated rings. The van der Waals surface area contributed by atoms with Crippen molar-refractivity contribution in [2.24, 2.45) is 0 Å². The van der Waals surface area contributed by atoms with Gasteiger partial charge in [0.2, 0.25) is 0 Å². The molecule has 0 amide bonds.